The molecular weight excluding hydrogens is 300 g/mol. The molecule has 0 aliphatic heterocycles. The largest absolute Gasteiger partial charge is 0.444 e. The van der Waals surface area contributed by atoms with Crippen molar-refractivity contribution >= 4 is 23.2 Å². The summed E-state index contributed by atoms with van der Waals surface area (Å²) in [6.07, 6.45) is 1.20. The fraction of sp³-hybridized carbons (Fsp3) is 0.467. The van der Waals surface area contributed by atoms with Crippen LogP contribution >= 0.6 is 11.3 Å². The van der Waals surface area contributed by atoms with Gasteiger partial charge in [0.2, 0.25) is 0 Å². The maximum atomic E-state index is 11.8. The third-order valence-corrected chi connectivity index (χ3v) is 3.76. The monoisotopic (exact) mass is 322 g/mol. The highest BCUT2D eigenvalue weighted by molar-refractivity contribution is 7.11. The van der Waals surface area contributed by atoms with E-state index in [1.165, 1.54) is 9.75 Å². The first kappa shape index (κ1) is 16.5. The van der Waals surface area contributed by atoms with E-state index in [4.69, 9.17) is 4.74 Å². The Morgan fingerprint density at radius 1 is 1.36 bits per heavy atom. The summed E-state index contributed by atoms with van der Waals surface area (Å²) in [6.45, 7) is 8.96. The lowest BCUT2D eigenvalue weighted by Gasteiger charge is -2.19. The first-order valence-corrected chi connectivity index (χ1v) is 7.93. The molecule has 120 valence electrons. The van der Waals surface area contributed by atoms with Gasteiger partial charge in [-0.1, -0.05) is 0 Å². The number of nitrogens with zero attached hydrogens (tertiary/aromatic N) is 1. The number of aryl methyl sites for hydroxylation is 1. The number of carbonyl (C=O) groups is 1. The number of anilines is 1. The molecule has 22 heavy (non-hydrogen) atoms. The molecule has 0 bridgehead atoms. The zero-order chi connectivity index (χ0) is 16.2. The molecule has 0 atom stereocenters. The molecule has 0 spiro atoms. The molecule has 7 heteroatoms. The topological polar surface area (TPSA) is 79.0 Å². The molecule has 2 aromatic heterocycles. The highest BCUT2D eigenvalue weighted by Crippen LogP contribution is 2.16. The van der Waals surface area contributed by atoms with Crippen LogP contribution in [-0.4, -0.2) is 21.9 Å². The number of aromatic amines is 1. The highest BCUT2D eigenvalue weighted by atomic mass is 32.1. The van der Waals surface area contributed by atoms with Gasteiger partial charge in [-0.2, -0.15) is 5.10 Å². The van der Waals surface area contributed by atoms with Crippen molar-refractivity contribution in [2.75, 3.05) is 5.32 Å². The van der Waals surface area contributed by atoms with Gasteiger partial charge in [0.05, 0.1) is 6.20 Å². The minimum absolute atomic E-state index is 0.494. The van der Waals surface area contributed by atoms with E-state index < -0.39 is 11.7 Å². The van der Waals surface area contributed by atoms with Crippen LogP contribution in [0.1, 0.15) is 36.1 Å². The van der Waals surface area contributed by atoms with Crippen molar-refractivity contribution in [3.63, 3.8) is 0 Å². The van der Waals surface area contributed by atoms with E-state index in [0.717, 1.165) is 12.1 Å². The van der Waals surface area contributed by atoms with Gasteiger partial charge in [0.15, 0.2) is 0 Å². The number of H-pyrrole nitrogens is 1. The van der Waals surface area contributed by atoms with Crippen LogP contribution in [0.2, 0.25) is 0 Å². The summed E-state index contributed by atoms with van der Waals surface area (Å²) in [7, 11) is 0. The SMILES string of the molecule is Cc1ccc(CNCc2cn[nH]c2NC(=O)OC(C)(C)C)s1. The van der Waals surface area contributed by atoms with Crippen molar-refractivity contribution in [2.24, 2.45) is 0 Å². The van der Waals surface area contributed by atoms with Crippen molar-refractivity contribution in [1.29, 1.82) is 0 Å². The van der Waals surface area contributed by atoms with Crippen molar-refractivity contribution in [3.8, 4) is 0 Å². The molecule has 6 nitrogen and oxygen atoms in total. The lowest BCUT2D eigenvalue weighted by atomic mass is 10.2. The second-order valence-corrected chi connectivity index (χ2v) is 7.39. The maximum Gasteiger partial charge on any atom is 0.413 e. The Bertz CT molecular complexity index is 628. The molecule has 0 aromatic carbocycles. The fourth-order valence-corrected chi connectivity index (χ4v) is 2.72. The quantitative estimate of drug-likeness (QED) is 0.788. The molecule has 0 radical (unpaired) electrons. The van der Waals surface area contributed by atoms with E-state index in [0.29, 0.717) is 12.4 Å². The minimum atomic E-state index is -0.528. The summed E-state index contributed by atoms with van der Waals surface area (Å²) in [6, 6.07) is 4.22. The smallest absolute Gasteiger partial charge is 0.413 e. The number of hydrogen-bond acceptors (Lipinski definition) is 5. The van der Waals surface area contributed by atoms with Gasteiger partial charge in [0, 0.05) is 28.4 Å². The molecule has 0 aliphatic rings. The average molecular weight is 322 g/mol. The van der Waals surface area contributed by atoms with E-state index in [9.17, 15) is 4.79 Å². The van der Waals surface area contributed by atoms with Gasteiger partial charge in [-0.3, -0.25) is 10.4 Å². The van der Waals surface area contributed by atoms with E-state index >= 15 is 0 Å². The van der Waals surface area contributed by atoms with Crippen molar-refractivity contribution < 1.29 is 9.53 Å². The number of ether oxygens (including phenoxy) is 1. The van der Waals surface area contributed by atoms with Crippen LogP contribution in [0.4, 0.5) is 10.6 Å². The predicted octanol–water partition coefficient (Wildman–Crippen LogP) is 3.42. The van der Waals surface area contributed by atoms with Gasteiger partial charge >= 0.3 is 6.09 Å². The Kier molecular flexibility index (Phi) is 5.20. The molecule has 0 unspecified atom stereocenters. The fourth-order valence-electron chi connectivity index (χ4n) is 1.86. The normalized spacial score (nSPS) is 11.5. The molecule has 3 N–H and O–H groups in total. The predicted molar refractivity (Wildman–Crippen MR) is 88.0 cm³/mol. The first-order chi connectivity index (χ1) is 10.3. The molecule has 0 aliphatic carbocycles. The third kappa shape index (κ3) is 5.16. The van der Waals surface area contributed by atoms with Gasteiger partial charge in [-0.25, -0.2) is 4.79 Å². The number of amides is 1. The zero-order valence-electron chi connectivity index (χ0n) is 13.3. The Hall–Kier alpha value is -1.86. The van der Waals surface area contributed by atoms with Gasteiger partial charge in [-0.15, -0.1) is 11.3 Å². The Labute approximate surface area is 134 Å². The third-order valence-electron chi connectivity index (χ3n) is 2.75. The molecule has 0 fully saturated rings. The zero-order valence-corrected chi connectivity index (χ0v) is 14.1. The Balaban J connectivity index is 1.85. The van der Waals surface area contributed by atoms with Crippen LogP contribution < -0.4 is 10.6 Å². The van der Waals surface area contributed by atoms with Crippen LogP contribution in [0.15, 0.2) is 18.3 Å². The maximum absolute atomic E-state index is 11.8. The van der Waals surface area contributed by atoms with E-state index in [-0.39, 0.29) is 0 Å². The number of carbonyl (C=O) groups excluding carboxylic acids is 1. The summed E-state index contributed by atoms with van der Waals surface area (Å²) in [4.78, 5) is 14.4. The summed E-state index contributed by atoms with van der Waals surface area (Å²) in [5.41, 5.74) is 0.360. The van der Waals surface area contributed by atoms with Crippen LogP contribution in [0.25, 0.3) is 0 Å². The minimum Gasteiger partial charge on any atom is -0.444 e. The summed E-state index contributed by atoms with van der Waals surface area (Å²) in [5, 5.41) is 12.8. The lowest BCUT2D eigenvalue weighted by molar-refractivity contribution is 0.0635. The van der Waals surface area contributed by atoms with Crippen molar-refractivity contribution in [1.82, 2.24) is 15.5 Å². The lowest BCUT2D eigenvalue weighted by Crippen LogP contribution is -2.27. The van der Waals surface area contributed by atoms with Gasteiger partial charge in [0.25, 0.3) is 0 Å². The van der Waals surface area contributed by atoms with Crippen LogP contribution in [0, 0.1) is 6.92 Å². The highest BCUT2D eigenvalue weighted by Gasteiger charge is 2.17. The van der Waals surface area contributed by atoms with Gasteiger partial charge in [-0.05, 0) is 39.8 Å². The molecular formula is C15H22N4O2S. The standard InChI is InChI=1S/C15H22N4O2S/c1-10-5-6-12(22-10)9-16-7-11-8-17-19-13(11)18-14(20)21-15(2,3)4/h5-6,8,16H,7,9H2,1-4H3,(H2,17,18,19,20). The summed E-state index contributed by atoms with van der Waals surface area (Å²) < 4.78 is 5.23. The number of hydrogen-bond donors (Lipinski definition) is 3. The molecule has 0 saturated heterocycles. The summed E-state index contributed by atoms with van der Waals surface area (Å²) in [5.74, 6) is 0.559. The number of nitrogens with one attached hydrogen (secondary N) is 3. The van der Waals surface area contributed by atoms with Crippen LogP contribution in [-0.2, 0) is 17.8 Å². The Morgan fingerprint density at radius 3 is 2.77 bits per heavy atom. The van der Waals surface area contributed by atoms with Crippen LogP contribution in [0.5, 0.6) is 0 Å². The molecule has 0 saturated carbocycles. The molecule has 2 heterocycles. The average Bonchev–Trinajstić information content (AvgIpc) is 2.97. The van der Waals surface area contributed by atoms with Crippen molar-refractivity contribution in [2.45, 2.75) is 46.4 Å². The number of aromatic nitrogens is 2. The number of thiophene rings is 1. The summed E-state index contributed by atoms with van der Waals surface area (Å²) >= 11 is 1.77. The Morgan fingerprint density at radius 2 is 2.14 bits per heavy atom. The second-order valence-electron chi connectivity index (χ2n) is 6.01. The van der Waals surface area contributed by atoms with Gasteiger partial charge < -0.3 is 10.1 Å². The van der Waals surface area contributed by atoms with Gasteiger partial charge in [0.1, 0.15) is 11.4 Å². The second kappa shape index (κ2) is 6.93. The number of rotatable bonds is 5. The van der Waals surface area contributed by atoms with E-state index in [2.05, 4.69) is 39.9 Å². The molecule has 1 amide bonds. The first-order valence-electron chi connectivity index (χ1n) is 7.12. The molecule has 2 rings (SSSR count). The molecule has 2 aromatic rings. The van der Waals surface area contributed by atoms with E-state index in [1.54, 1.807) is 17.5 Å². The van der Waals surface area contributed by atoms with Crippen molar-refractivity contribution in [3.05, 3.63) is 33.6 Å². The van der Waals surface area contributed by atoms with E-state index in [1.807, 2.05) is 20.8 Å². The van der Waals surface area contributed by atoms with Crippen LogP contribution in [0.3, 0.4) is 0 Å².